The Morgan fingerprint density at radius 1 is 1.05 bits per heavy atom. The van der Waals surface area contributed by atoms with E-state index in [2.05, 4.69) is 5.32 Å². The molecule has 1 amide bonds. The van der Waals surface area contributed by atoms with Crippen LogP contribution in [0.3, 0.4) is 0 Å². The van der Waals surface area contributed by atoms with Crippen LogP contribution < -0.4 is 5.32 Å². The quantitative estimate of drug-likeness (QED) is 0.825. The van der Waals surface area contributed by atoms with Gasteiger partial charge in [-0.3, -0.25) is 4.79 Å². The molecule has 0 fully saturated rings. The molecule has 0 unspecified atom stereocenters. The second-order valence-corrected chi connectivity index (χ2v) is 6.27. The molecule has 0 spiro atoms. The third kappa shape index (κ3) is 6.08. The lowest BCUT2D eigenvalue weighted by atomic mass is 10.1. The van der Waals surface area contributed by atoms with Gasteiger partial charge in [-0.05, 0) is 41.8 Å². The normalized spacial score (nSPS) is 10.5. The van der Waals surface area contributed by atoms with Crippen molar-refractivity contribution in [2.45, 2.75) is 12.2 Å². The minimum atomic E-state index is -0.244. The smallest absolute Gasteiger partial charge is 0.230 e. The Morgan fingerprint density at radius 3 is 2.36 bits per heavy atom. The standard InChI is InChI=1S/C17H17ClFNOS/c18-15-5-1-14(2-6-15)11-22-12-17(21)20-10-9-13-3-7-16(19)8-4-13/h1-8H,9-12H2,(H,20,21). The van der Waals surface area contributed by atoms with Gasteiger partial charge in [-0.2, -0.15) is 0 Å². The second-order valence-electron chi connectivity index (χ2n) is 4.85. The molecule has 0 aliphatic carbocycles. The van der Waals surface area contributed by atoms with E-state index >= 15 is 0 Å². The van der Waals surface area contributed by atoms with Gasteiger partial charge in [-0.25, -0.2) is 4.39 Å². The monoisotopic (exact) mass is 337 g/mol. The van der Waals surface area contributed by atoms with E-state index in [-0.39, 0.29) is 11.7 Å². The van der Waals surface area contributed by atoms with Crippen molar-refractivity contribution in [2.75, 3.05) is 12.3 Å². The fourth-order valence-corrected chi connectivity index (χ4v) is 2.83. The molecule has 0 aromatic heterocycles. The average Bonchev–Trinajstić information content (AvgIpc) is 2.51. The number of benzene rings is 2. The third-order valence-corrected chi connectivity index (χ3v) is 4.32. The molecule has 0 heterocycles. The van der Waals surface area contributed by atoms with Crippen molar-refractivity contribution in [3.05, 3.63) is 70.5 Å². The summed E-state index contributed by atoms with van der Waals surface area (Å²) in [4.78, 5) is 11.7. The molecule has 0 saturated carbocycles. The van der Waals surface area contributed by atoms with Crippen molar-refractivity contribution in [2.24, 2.45) is 0 Å². The van der Waals surface area contributed by atoms with Gasteiger partial charge in [0.25, 0.3) is 0 Å². The number of halogens is 2. The van der Waals surface area contributed by atoms with E-state index in [0.717, 1.165) is 16.9 Å². The van der Waals surface area contributed by atoms with E-state index < -0.39 is 0 Å². The minimum absolute atomic E-state index is 0.0149. The van der Waals surface area contributed by atoms with Crippen molar-refractivity contribution in [3.8, 4) is 0 Å². The van der Waals surface area contributed by atoms with Gasteiger partial charge in [-0.15, -0.1) is 11.8 Å². The lowest BCUT2D eigenvalue weighted by molar-refractivity contribution is -0.118. The zero-order valence-electron chi connectivity index (χ0n) is 12.0. The Labute approximate surface area is 139 Å². The average molecular weight is 338 g/mol. The van der Waals surface area contributed by atoms with Gasteiger partial charge < -0.3 is 5.32 Å². The van der Waals surface area contributed by atoms with E-state index in [1.165, 1.54) is 12.1 Å². The van der Waals surface area contributed by atoms with Gasteiger partial charge in [0.2, 0.25) is 5.91 Å². The summed E-state index contributed by atoms with van der Waals surface area (Å²) in [5.74, 6) is 0.974. The van der Waals surface area contributed by atoms with E-state index in [0.29, 0.717) is 23.7 Å². The van der Waals surface area contributed by atoms with E-state index in [4.69, 9.17) is 11.6 Å². The van der Waals surface area contributed by atoms with Gasteiger partial charge in [0.1, 0.15) is 5.82 Å². The predicted molar refractivity (Wildman–Crippen MR) is 90.7 cm³/mol. The number of hydrogen-bond acceptors (Lipinski definition) is 2. The van der Waals surface area contributed by atoms with Gasteiger partial charge in [0.15, 0.2) is 0 Å². The molecule has 2 aromatic rings. The molecular weight excluding hydrogens is 321 g/mol. The van der Waals surface area contributed by atoms with Gasteiger partial charge in [0.05, 0.1) is 5.75 Å². The van der Waals surface area contributed by atoms with Crippen LogP contribution in [-0.2, 0) is 17.0 Å². The van der Waals surface area contributed by atoms with Gasteiger partial charge >= 0.3 is 0 Å². The number of carbonyl (C=O) groups excluding carboxylic acids is 1. The molecule has 0 aliphatic heterocycles. The van der Waals surface area contributed by atoms with Crippen LogP contribution in [0.4, 0.5) is 4.39 Å². The van der Waals surface area contributed by atoms with Crippen LogP contribution in [0.2, 0.25) is 5.02 Å². The summed E-state index contributed by atoms with van der Waals surface area (Å²) in [7, 11) is 0. The molecular formula is C17H17ClFNOS. The number of rotatable bonds is 7. The highest BCUT2D eigenvalue weighted by atomic mass is 35.5. The van der Waals surface area contributed by atoms with Crippen LogP contribution in [-0.4, -0.2) is 18.2 Å². The molecule has 116 valence electrons. The Morgan fingerprint density at radius 2 is 1.68 bits per heavy atom. The predicted octanol–water partition coefficient (Wildman–Crippen LogP) is 4.07. The largest absolute Gasteiger partial charge is 0.355 e. The number of hydrogen-bond donors (Lipinski definition) is 1. The molecule has 0 aliphatic rings. The van der Waals surface area contributed by atoms with Crippen LogP contribution in [0.25, 0.3) is 0 Å². The first-order chi connectivity index (χ1) is 10.6. The number of nitrogens with one attached hydrogen (secondary N) is 1. The van der Waals surface area contributed by atoms with E-state index in [1.54, 1.807) is 23.9 Å². The highest BCUT2D eigenvalue weighted by Crippen LogP contribution is 2.15. The maximum absolute atomic E-state index is 12.8. The van der Waals surface area contributed by atoms with Crippen molar-refractivity contribution < 1.29 is 9.18 Å². The molecule has 0 radical (unpaired) electrons. The number of carbonyl (C=O) groups is 1. The summed E-state index contributed by atoms with van der Waals surface area (Å²) in [5.41, 5.74) is 2.16. The van der Waals surface area contributed by atoms with E-state index in [9.17, 15) is 9.18 Å². The Hall–Kier alpha value is -1.52. The third-order valence-electron chi connectivity index (χ3n) is 3.06. The summed E-state index contributed by atoms with van der Waals surface area (Å²) < 4.78 is 12.8. The van der Waals surface area contributed by atoms with Gasteiger partial charge in [0, 0.05) is 17.3 Å². The molecule has 0 atom stereocenters. The molecule has 0 bridgehead atoms. The zero-order chi connectivity index (χ0) is 15.8. The van der Waals surface area contributed by atoms with Crippen molar-refractivity contribution in [1.29, 1.82) is 0 Å². The molecule has 2 nitrogen and oxygen atoms in total. The second kappa shape index (κ2) is 8.81. The van der Waals surface area contributed by atoms with Crippen LogP contribution in [0, 0.1) is 5.82 Å². The summed E-state index contributed by atoms with van der Waals surface area (Å²) in [5, 5.41) is 3.58. The van der Waals surface area contributed by atoms with Crippen molar-refractivity contribution >= 4 is 29.3 Å². The molecule has 2 rings (SSSR count). The molecule has 22 heavy (non-hydrogen) atoms. The number of thioether (sulfide) groups is 1. The first kappa shape index (κ1) is 16.8. The Balaban J connectivity index is 1.61. The topological polar surface area (TPSA) is 29.1 Å². The summed E-state index contributed by atoms with van der Waals surface area (Å²) in [6, 6.07) is 13.9. The summed E-state index contributed by atoms with van der Waals surface area (Å²) >= 11 is 7.38. The highest BCUT2D eigenvalue weighted by molar-refractivity contribution is 7.99. The fourth-order valence-electron chi connectivity index (χ4n) is 1.89. The zero-order valence-corrected chi connectivity index (χ0v) is 13.6. The molecule has 1 N–H and O–H groups in total. The highest BCUT2D eigenvalue weighted by Gasteiger charge is 2.02. The maximum Gasteiger partial charge on any atom is 0.230 e. The molecule has 2 aromatic carbocycles. The van der Waals surface area contributed by atoms with Crippen molar-refractivity contribution in [3.63, 3.8) is 0 Å². The van der Waals surface area contributed by atoms with Crippen molar-refractivity contribution in [1.82, 2.24) is 5.32 Å². The lowest BCUT2D eigenvalue weighted by Gasteiger charge is -2.06. The van der Waals surface area contributed by atoms with Gasteiger partial charge in [-0.1, -0.05) is 35.9 Å². The minimum Gasteiger partial charge on any atom is -0.355 e. The maximum atomic E-state index is 12.8. The lowest BCUT2D eigenvalue weighted by Crippen LogP contribution is -2.27. The molecule has 0 saturated heterocycles. The van der Waals surface area contributed by atoms with E-state index in [1.807, 2.05) is 24.3 Å². The first-order valence-corrected chi connectivity index (χ1v) is 8.50. The van der Waals surface area contributed by atoms with Crippen LogP contribution in [0.15, 0.2) is 48.5 Å². The summed E-state index contributed by atoms with van der Waals surface area (Å²) in [6.45, 7) is 0.561. The fraction of sp³-hybridized carbons (Fsp3) is 0.235. The molecule has 5 heteroatoms. The summed E-state index contributed by atoms with van der Waals surface area (Å²) in [6.07, 6.45) is 0.702. The van der Waals surface area contributed by atoms with Crippen LogP contribution in [0.1, 0.15) is 11.1 Å². The SMILES string of the molecule is O=C(CSCc1ccc(Cl)cc1)NCCc1ccc(F)cc1. The van der Waals surface area contributed by atoms with Crippen LogP contribution >= 0.6 is 23.4 Å². The Kier molecular flexibility index (Phi) is 6.74. The number of amides is 1. The van der Waals surface area contributed by atoms with Crippen LogP contribution in [0.5, 0.6) is 0 Å². The Bertz CT molecular complexity index is 548. The first-order valence-electron chi connectivity index (χ1n) is 6.97.